The largest absolute Gasteiger partial charge is 0.481 e. The quantitative estimate of drug-likeness (QED) is 0.863. The highest BCUT2D eigenvalue weighted by Gasteiger charge is 2.23. The number of methoxy groups -OCH3 is 1. The molecule has 1 amide bonds. The molecule has 2 heterocycles. The molecular weight excluding hydrogens is 333 g/mol. The Morgan fingerprint density at radius 3 is 2.54 bits per heavy atom. The summed E-state index contributed by atoms with van der Waals surface area (Å²) in [5, 5.41) is 2.99. The van der Waals surface area contributed by atoms with Crippen molar-refractivity contribution in [2.75, 3.05) is 26.7 Å². The molecule has 5 nitrogen and oxygen atoms in total. The highest BCUT2D eigenvalue weighted by molar-refractivity contribution is 5.93. The summed E-state index contributed by atoms with van der Waals surface area (Å²) in [6.45, 7) is 2.44. The number of hydrogen-bond acceptors (Lipinski definition) is 4. The van der Waals surface area contributed by atoms with Crippen molar-refractivity contribution >= 4 is 5.91 Å². The van der Waals surface area contributed by atoms with Crippen LogP contribution in [0.3, 0.4) is 0 Å². The standard InChI is InChI=1S/C20H24FN3O2/c1-26-19-10-7-16(13-22-19)20(25)23-14-18(24-11-3-2-4-12-24)15-5-8-17(21)9-6-15/h5-10,13,18H,2-4,11-12,14H2,1H3,(H,23,25)/t18-/m0/s1. The maximum Gasteiger partial charge on any atom is 0.252 e. The second kappa shape index (κ2) is 8.76. The van der Waals surface area contributed by atoms with Crippen molar-refractivity contribution in [2.24, 2.45) is 0 Å². The van der Waals surface area contributed by atoms with Gasteiger partial charge in [-0.25, -0.2) is 9.37 Å². The number of hydrogen-bond donors (Lipinski definition) is 1. The summed E-state index contributed by atoms with van der Waals surface area (Å²) in [6.07, 6.45) is 5.03. The number of carbonyl (C=O) groups excluding carboxylic acids is 1. The van der Waals surface area contributed by atoms with Crippen molar-refractivity contribution in [1.29, 1.82) is 0 Å². The minimum absolute atomic E-state index is 0.0334. The third-order valence-electron chi connectivity index (χ3n) is 4.75. The number of aromatic nitrogens is 1. The predicted molar refractivity (Wildman–Crippen MR) is 97.7 cm³/mol. The van der Waals surface area contributed by atoms with Crippen molar-refractivity contribution in [2.45, 2.75) is 25.3 Å². The molecule has 1 aromatic heterocycles. The van der Waals surface area contributed by atoms with Crippen molar-refractivity contribution in [3.05, 3.63) is 59.5 Å². The highest BCUT2D eigenvalue weighted by Crippen LogP contribution is 2.24. The third-order valence-corrected chi connectivity index (χ3v) is 4.75. The molecule has 1 aliphatic heterocycles. The SMILES string of the molecule is COc1ccc(C(=O)NC[C@@H](c2ccc(F)cc2)N2CCCCC2)cn1. The number of ether oxygens (including phenoxy) is 1. The van der Waals surface area contributed by atoms with Crippen molar-refractivity contribution in [3.63, 3.8) is 0 Å². The van der Waals surface area contributed by atoms with E-state index in [9.17, 15) is 9.18 Å². The van der Waals surface area contributed by atoms with Crippen LogP contribution >= 0.6 is 0 Å². The minimum atomic E-state index is -0.250. The van der Waals surface area contributed by atoms with Gasteiger partial charge in [0.2, 0.25) is 5.88 Å². The first-order chi connectivity index (χ1) is 12.7. The Morgan fingerprint density at radius 2 is 1.92 bits per heavy atom. The number of halogens is 1. The zero-order chi connectivity index (χ0) is 18.4. The molecule has 1 saturated heterocycles. The van der Waals surface area contributed by atoms with E-state index in [2.05, 4.69) is 15.2 Å². The van der Waals surface area contributed by atoms with Crippen molar-refractivity contribution in [3.8, 4) is 5.88 Å². The number of benzene rings is 1. The maximum atomic E-state index is 13.3. The maximum absolute atomic E-state index is 13.3. The lowest BCUT2D eigenvalue weighted by Crippen LogP contribution is -2.40. The number of amides is 1. The Bertz CT molecular complexity index is 713. The fraction of sp³-hybridized carbons (Fsp3) is 0.400. The molecule has 2 aromatic rings. The fourth-order valence-electron chi connectivity index (χ4n) is 3.30. The molecule has 0 aliphatic carbocycles. The van der Waals surface area contributed by atoms with Gasteiger partial charge in [-0.05, 0) is 49.7 Å². The average Bonchev–Trinajstić information content (AvgIpc) is 2.70. The Balaban J connectivity index is 1.70. The molecule has 3 rings (SSSR count). The molecular formula is C20H24FN3O2. The van der Waals surface area contributed by atoms with Crippen molar-refractivity contribution in [1.82, 2.24) is 15.2 Å². The highest BCUT2D eigenvalue weighted by atomic mass is 19.1. The predicted octanol–water partition coefficient (Wildman–Crippen LogP) is 3.19. The summed E-state index contributed by atoms with van der Waals surface area (Å²) in [5.41, 5.74) is 1.50. The van der Waals surface area contributed by atoms with Gasteiger partial charge in [-0.1, -0.05) is 18.6 Å². The number of nitrogens with one attached hydrogen (secondary N) is 1. The van der Waals surface area contributed by atoms with E-state index < -0.39 is 0 Å². The Morgan fingerprint density at radius 1 is 1.19 bits per heavy atom. The normalized spacial score (nSPS) is 16.1. The molecule has 1 N–H and O–H groups in total. The number of carbonyl (C=O) groups is 1. The monoisotopic (exact) mass is 357 g/mol. The van der Waals surface area contributed by atoms with Crippen LogP contribution in [0.4, 0.5) is 4.39 Å². The van der Waals surface area contributed by atoms with Crippen LogP contribution in [0.2, 0.25) is 0 Å². The molecule has 26 heavy (non-hydrogen) atoms. The Labute approximate surface area is 153 Å². The molecule has 0 spiro atoms. The van der Waals surface area contributed by atoms with Crippen LogP contribution in [-0.4, -0.2) is 42.5 Å². The third kappa shape index (κ3) is 4.58. The van der Waals surface area contributed by atoms with Gasteiger partial charge in [0.15, 0.2) is 0 Å². The van der Waals surface area contributed by atoms with E-state index in [1.54, 1.807) is 24.3 Å². The average molecular weight is 357 g/mol. The molecule has 1 aromatic carbocycles. The second-order valence-electron chi connectivity index (χ2n) is 6.46. The van der Waals surface area contributed by atoms with E-state index in [-0.39, 0.29) is 17.8 Å². The van der Waals surface area contributed by atoms with Gasteiger partial charge in [-0.2, -0.15) is 0 Å². The first-order valence-electron chi connectivity index (χ1n) is 8.95. The van der Waals surface area contributed by atoms with Crippen LogP contribution in [0.5, 0.6) is 5.88 Å². The number of pyridine rings is 1. The Kier molecular flexibility index (Phi) is 6.17. The first-order valence-corrected chi connectivity index (χ1v) is 8.95. The zero-order valence-electron chi connectivity index (χ0n) is 15.0. The number of nitrogens with zero attached hydrogens (tertiary/aromatic N) is 2. The summed E-state index contributed by atoms with van der Waals surface area (Å²) >= 11 is 0. The van der Waals surface area contributed by atoms with Gasteiger partial charge in [0.05, 0.1) is 18.7 Å². The van der Waals surface area contributed by atoms with Crippen LogP contribution in [0.15, 0.2) is 42.6 Å². The Hall–Kier alpha value is -2.47. The summed E-state index contributed by atoms with van der Waals surface area (Å²) in [6, 6.07) is 9.94. The lowest BCUT2D eigenvalue weighted by atomic mass is 10.0. The van der Waals surface area contributed by atoms with E-state index in [1.165, 1.54) is 31.9 Å². The van der Waals surface area contributed by atoms with E-state index in [1.807, 2.05) is 0 Å². The van der Waals surface area contributed by atoms with Crippen molar-refractivity contribution < 1.29 is 13.9 Å². The first kappa shape index (κ1) is 18.3. The van der Waals surface area contributed by atoms with Crippen LogP contribution < -0.4 is 10.1 Å². The summed E-state index contributed by atoms with van der Waals surface area (Å²) in [5.74, 6) is 0.0443. The molecule has 0 unspecified atom stereocenters. The zero-order valence-corrected chi connectivity index (χ0v) is 15.0. The van der Waals surface area contributed by atoms with Crippen LogP contribution in [0.1, 0.15) is 41.2 Å². The fourth-order valence-corrected chi connectivity index (χ4v) is 3.30. The van der Waals surface area contributed by atoms with Gasteiger partial charge in [-0.3, -0.25) is 9.69 Å². The number of rotatable bonds is 6. The smallest absolute Gasteiger partial charge is 0.252 e. The molecule has 138 valence electrons. The molecule has 6 heteroatoms. The topological polar surface area (TPSA) is 54.5 Å². The lowest BCUT2D eigenvalue weighted by molar-refractivity contribution is 0.0924. The second-order valence-corrected chi connectivity index (χ2v) is 6.46. The van der Waals surface area contributed by atoms with Crippen LogP contribution in [0, 0.1) is 5.82 Å². The number of piperidine rings is 1. The molecule has 0 bridgehead atoms. The van der Waals surface area contributed by atoms with Gasteiger partial charge in [-0.15, -0.1) is 0 Å². The van der Waals surface area contributed by atoms with Gasteiger partial charge >= 0.3 is 0 Å². The van der Waals surface area contributed by atoms with Gasteiger partial charge in [0.1, 0.15) is 5.82 Å². The molecule has 1 fully saturated rings. The number of likely N-dealkylation sites (tertiary alicyclic amines) is 1. The molecule has 1 atom stereocenters. The van der Waals surface area contributed by atoms with Gasteiger partial charge in [0.25, 0.3) is 5.91 Å². The summed E-state index contributed by atoms with van der Waals surface area (Å²) in [7, 11) is 1.54. The summed E-state index contributed by atoms with van der Waals surface area (Å²) < 4.78 is 18.3. The molecule has 1 aliphatic rings. The van der Waals surface area contributed by atoms with E-state index in [0.717, 1.165) is 31.5 Å². The van der Waals surface area contributed by atoms with E-state index in [4.69, 9.17) is 4.74 Å². The molecule has 0 saturated carbocycles. The van der Waals surface area contributed by atoms with Crippen LogP contribution in [-0.2, 0) is 0 Å². The minimum Gasteiger partial charge on any atom is -0.481 e. The van der Waals surface area contributed by atoms with Gasteiger partial charge < -0.3 is 10.1 Å². The lowest BCUT2D eigenvalue weighted by Gasteiger charge is -2.35. The summed E-state index contributed by atoms with van der Waals surface area (Å²) in [4.78, 5) is 18.9. The van der Waals surface area contributed by atoms with E-state index >= 15 is 0 Å². The van der Waals surface area contributed by atoms with E-state index in [0.29, 0.717) is 18.0 Å². The van der Waals surface area contributed by atoms with Crippen LogP contribution in [0.25, 0.3) is 0 Å². The molecule has 0 radical (unpaired) electrons. The van der Waals surface area contributed by atoms with Gasteiger partial charge in [0, 0.05) is 18.8 Å².